The molecule has 2 aromatic rings. The van der Waals surface area contributed by atoms with E-state index in [9.17, 15) is 4.79 Å². The summed E-state index contributed by atoms with van der Waals surface area (Å²) in [5.74, 6) is -0.155. The van der Waals surface area contributed by atoms with Crippen molar-refractivity contribution in [1.29, 1.82) is 0 Å². The monoisotopic (exact) mass is 345 g/mol. The van der Waals surface area contributed by atoms with E-state index >= 15 is 0 Å². The Morgan fingerprint density at radius 1 is 1.04 bits per heavy atom. The molecule has 0 unspecified atom stereocenters. The van der Waals surface area contributed by atoms with Crippen molar-refractivity contribution in [2.24, 2.45) is 0 Å². The zero-order valence-corrected chi connectivity index (χ0v) is 15.3. The van der Waals surface area contributed by atoms with E-state index in [4.69, 9.17) is 11.6 Å². The highest BCUT2D eigenvalue weighted by Gasteiger charge is 2.17. The van der Waals surface area contributed by atoms with Crippen molar-refractivity contribution in [3.8, 4) is 0 Å². The zero-order valence-electron chi connectivity index (χ0n) is 14.6. The lowest BCUT2D eigenvalue weighted by molar-refractivity contribution is 0.0942. The number of hydrogen-bond donors (Lipinski definition) is 1. The minimum Gasteiger partial charge on any atom is -0.378 e. The lowest BCUT2D eigenvalue weighted by Gasteiger charge is -2.26. The first-order valence-electron chi connectivity index (χ1n) is 7.86. The minimum absolute atomic E-state index is 0.0904. The molecule has 0 bridgehead atoms. The normalized spacial score (nSPS) is 12.1. The molecule has 2 aromatic carbocycles. The van der Waals surface area contributed by atoms with Gasteiger partial charge in [0, 0.05) is 26.3 Å². The summed E-state index contributed by atoms with van der Waals surface area (Å²) in [4.78, 5) is 16.5. The molecule has 24 heavy (non-hydrogen) atoms. The highest BCUT2D eigenvalue weighted by molar-refractivity contribution is 6.33. The maximum Gasteiger partial charge on any atom is 0.252 e. The third-order valence-electron chi connectivity index (χ3n) is 3.99. The smallest absolute Gasteiger partial charge is 0.252 e. The molecule has 1 amide bonds. The molecule has 0 saturated heterocycles. The quantitative estimate of drug-likeness (QED) is 0.871. The summed E-state index contributed by atoms with van der Waals surface area (Å²) < 4.78 is 0. The van der Waals surface area contributed by atoms with Gasteiger partial charge in [-0.15, -0.1) is 0 Å². The number of halogens is 1. The SMILES string of the molecule is CN(C)c1ccc([C@@H](CNC(=O)c2ccccc2Cl)N(C)C)cc1. The average molecular weight is 346 g/mol. The Balaban J connectivity index is 2.09. The molecule has 0 spiro atoms. The first-order valence-corrected chi connectivity index (χ1v) is 8.24. The first kappa shape index (κ1) is 18.3. The van der Waals surface area contributed by atoms with Crippen LogP contribution in [0.25, 0.3) is 0 Å². The van der Waals surface area contributed by atoms with E-state index in [2.05, 4.69) is 39.4 Å². The first-order chi connectivity index (χ1) is 11.4. The van der Waals surface area contributed by atoms with Crippen molar-refractivity contribution in [2.75, 3.05) is 39.6 Å². The molecule has 5 heteroatoms. The summed E-state index contributed by atoms with van der Waals surface area (Å²) in [7, 11) is 8.04. The summed E-state index contributed by atoms with van der Waals surface area (Å²) in [5, 5.41) is 3.45. The van der Waals surface area contributed by atoms with Crippen molar-refractivity contribution in [2.45, 2.75) is 6.04 Å². The van der Waals surface area contributed by atoms with E-state index in [0.717, 1.165) is 11.3 Å². The number of nitrogens with one attached hydrogen (secondary N) is 1. The molecule has 0 radical (unpaired) electrons. The molecule has 1 N–H and O–H groups in total. The fourth-order valence-electron chi connectivity index (χ4n) is 2.52. The van der Waals surface area contributed by atoms with Crippen molar-refractivity contribution >= 4 is 23.2 Å². The van der Waals surface area contributed by atoms with Gasteiger partial charge in [0.15, 0.2) is 0 Å². The predicted octanol–water partition coefficient (Wildman–Crippen LogP) is 3.44. The molecular formula is C19H24ClN3O. The van der Waals surface area contributed by atoms with E-state index in [1.165, 1.54) is 0 Å². The Morgan fingerprint density at radius 2 is 1.67 bits per heavy atom. The van der Waals surface area contributed by atoms with E-state index in [1.807, 2.05) is 40.3 Å². The van der Waals surface area contributed by atoms with Gasteiger partial charge in [0.1, 0.15) is 0 Å². The van der Waals surface area contributed by atoms with E-state index in [0.29, 0.717) is 17.1 Å². The molecule has 4 nitrogen and oxygen atoms in total. The number of nitrogens with zero attached hydrogens (tertiary/aromatic N) is 2. The van der Waals surface area contributed by atoms with Crippen LogP contribution in [0.15, 0.2) is 48.5 Å². The molecule has 0 aliphatic rings. The highest BCUT2D eigenvalue weighted by atomic mass is 35.5. The van der Waals surface area contributed by atoms with Crippen LogP contribution in [-0.2, 0) is 0 Å². The molecule has 0 aromatic heterocycles. The van der Waals surface area contributed by atoms with Gasteiger partial charge < -0.3 is 15.1 Å². The summed E-state index contributed by atoms with van der Waals surface area (Å²) in [6.07, 6.45) is 0. The third kappa shape index (κ3) is 4.49. The van der Waals surface area contributed by atoms with Crippen LogP contribution in [-0.4, -0.2) is 45.5 Å². The van der Waals surface area contributed by atoms with E-state index < -0.39 is 0 Å². The van der Waals surface area contributed by atoms with Crippen LogP contribution in [0.3, 0.4) is 0 Å². The minimum atomic E-state index is -0.155. The fourth-order valence-corrected chi connectivity index (χ4v) is 2.74. The topological polar surface area (TPSA) is 35.6 Å². The second-order valence-corrected chi connectivity index (χ2v) is 6.56. The lowest BCUT2D eigenvalue weighted by Crippen LogP contribution is -2.34. The average Bonchev–Trinajstić information content (AvgIpc) is 2.55. The largest absolute Gasteiger partial charge is 0.378 e. The van der Waals surface area contributed by atoms with Gasteiger partial charge >= 0.3 is 0 Å². The number of carbonyl (C=O) groups is 1. The van der Waals surface area contributed by atoms with Gasteiger partial charge in [-0.05, 0) is 43.9 Å². The Kier molecular flexibility index (Phi) is 6.23. The Hall–Kier alpha value is -2.04. The molecule has 0 aliphatic carbocycles. The van der Waals surface area contributed by atoms with E-state index in [-0.39, 0.29) is 11.9 Å². The van der Waals surface area contributed by atoms with Crippen LogP contribution in [0, 0.1) is 0 Å². The summed E-state index contributed by atoms with van der Waals surface area (Å²) in [5.41, 5.74) is 2.81. The Labute approximate surface area is 149 Å². The number of likely N-dealkylation sites (N-methyl/N-ethyl adjacent to an activating group) is 1. The molecule has 2 rings (SSSR count). The van der Waals surface area contributed by atoms with Crippen LogP contribution in [0.1, 0.15) is 22.0 Å². The van der Waals surface area contributed by atoms with Crippen molar-refractivity contribution in [3.63, 3.8) is 0 Å². The summed E-state index contributed by atoms with van der Waals surface area (Å²) in [6, 6.07) is 15.5. The van der Waals surface area contributed by atoms with Crippen LogP contribution >= 0.6 is 11.6 Å². The maximum atomic E-state index is 12.3. The van der Waals surface area contributed by atoms with Crippen LogP contribution in [0.4, 0.5) is 5.69 Å². The molecule has 1 atom stereocenters. The van der Waals surface area contributed by atoms with Crippen LogP contribution in [0.2, 0.25) is 5.02 Å². The standard InChI is InChI=1S/C19H24ClN3O/c1-22(2)15-11-9-14(10-12-15)18(23(3)4)13-21-19(24)16-7-5-6-8-17(16)20/h5-12,18H,13H2,1-4H3,(H,21,24)/t18-/m1/s1. The van der Waals surface area contributed by atoms with Gasteiger partial charge in [0.05, 0.1) is 16.6 Å². The number of rotatable bonds is 6. The zero-order chi connectivity index (χ0) is 17.7. The van der Waals surface area contributed by atoms with E-state index in [1.54, 1.807) is 12.1 Å². The van der Waals surface area contributed by atoms with Crippen molar-refractivity contribution < 1.29 is 4.79 Å². The van der Waals surface area contributed by atoms with Gasteiger partial charge in [-0.1, -0.05) is 35.9 Å². The fraction of sp³-hybridized carbons (Fsp3) is 0.316. The number of anilines is 1. The molecular weight excluding hydrogens is 322 g/mol. The maximum absolute atomic E-state index is 12.3. The number of benzene rings is 2. The van der Waals surface area contributed by atoms with Gasteiger partial charge in [0.2, 0.25) is 0 Å². The molecule has 128 valence electrons. The molecule has 0 fully saturated rings. The van der Waals surface area contributed by atoms with Gasteiger partial charge in [0.25, 0.3) is 5.91 Å². The molecule has 0 aliphatic heterocycles. The summed E-state index contributed by atoms with van der Waals surface area (Å²) >= 11 is 6.09. The Bertz CT molecular complexity index is 683. The highest BCUT2D eigenvalue weighted by Crippen LogP contribution is 2.21. The lowest BCUT2D eigenvalue weighted by atomic mass is 10.0. The number of amides is 1. The van der Waals surface area contributed by atoms with Crippen molar-refractivity contribution in [3.05, 3.63) is 64.7 Å². The number of carbonyl (C=O) groups excluding carboxylic acids is 1. The molecule has 0 saturated carbocycles. The van der Waals surface area contributed by atoms with Crippen LogP contribution < -0.4 is 10.2 Å². The Morgan fingerprint density at radius 3 is 2.21 bits per heavy atom. The summed E-state index contributed by atoms with van der Waals surface area (Å²) in [6.45, 7) is 0.512. The number of hydrogen-bond acceptors (Lipinski definition) is 3. The van der Waals surface area contributed by atoms with Gasteiger partial charge in [-0.3, -0.25) is 4.79 Å². The van der Waals surface area contributed by atoms with Crippen molar-refractivity contribution in [1.82, 2.24) is 10.2 Å². The second-order valence-electron chi connectivity index (χ2n) is 6.16. The van der Waals surface area contributed by atoms with Gasteiger partial charge in [-0.25, -0.2) is 0 Å². The second kappa shape index (κ2) is 8.18. The van der Waals surface area contributed by atoms with Gasteiger partial charge in [-0.2, -0.15) is 0 Å². The third-order valence-corrected chi connectivity index (χ3v) is 4.32. The van der Waals surface area contributed by atoms with Crippen LogP contribution in [0.5, 0.6) is 0 Å². The molecule has 0 heterocycles. The predicted molar refractivity (Wildman–Crippen MR) is 101 cm³/mol.